The Morgan fingerprint density at radius 2 is 1.61 bits per heavy atom. The van der Waals surface area contributed by atoms with Gasteiger partial charge in [-0.1, -0.05) is 50.2 Å². The molecule has 5 nitrogen and oxygen atoms in total. The molecule has 33 heavy (non-hydrogen) atoms. The molecular formula is C28H31N3O2. The van der Waals surface area contributed by atoms with Crippen LogP contribution < -0.4 is 15.1 Å². The molecule has 1 heterocycles. The number of benzene rings is 3. The molecule has 0 bridgehead atoms. The molecule has 0 aliphatic carbocycles. The van der Waals surface area contributed by atoms with E-state index in [-0.39, 0.29) is 24.2 Å². The summed E-state index contributed by atoms with van der Waals surface area (Å²) in [5, 5.41) is 3.00. The van der Waals surface area contributed by atoms with Gasteiger partial charge in [0.15, 0.2) is 0 Å². The second-order valence-electron chi connectivity index (χ2n) is 8.73. The number of carbonyl (C=O) groups excluding carboxylic acids is 2. The lowest BCUT2D eigenvalue weighted by molar-refractivity contribution is -0.122. The number of hydrogen-bond donors (Lipinski definition) is 1. The third-order valence-corrected chi connectivity index (χ3v) is 6.18. The zero-order valence-corrected chi connectivity index (χ0v) is 19.5. The van der Waals surface area contributed by atoms with Crippen LogP contribution >= 0.6 is 0 Å². The summed E-state index contributed by atoms with van der Waals surface area (Å²) in [7, 11) is 0. The molecule has 3 aromatic rings. The van der Waals surface area contributed by atoms with Crippen molar-refractivity contribution in [2.24, 2.45) is 5.92 Å². The Kier molecular flexibility index (Phi) is 6.78. The van der Waals surface area contributed by atoms with Crippen LogP contribution in [0.25, 0.3) is 0 Å². The molecule has 1 atom stereocenters. The molecule has 0 saturated carbocycles. The van der Waals surface area contributed by atoms with Crippen LogP contribution in [0.4, 0.5) is 22.7 Å². The first-order valence-electron chi connectivity index (χ1n) is 11.6. The Bertz CT molecular complexity index is 1110. The molecule has 4 rings (SSSR count). The predicted octanol–water partition coefficient (Wildman–Crippen LogP) is 5.96. The Morgan fingerprint density at radius 1 is 0.970 bits per heavy atom. The fourth-order valence-electron chi connectivity index (χ4n) is 4.43. The number of rotatable bonds is 7. The van der Waals surface area contributed by atoms with Crippen molar-refractivity contribution >= 4 is 34.6 Å². The maximum Gasteiger partial charge on any atom is 0.229 e. The second-order valence-corrected chi connectivity index (χ2v) is 8.73. The van der Waals surface area contributed by atoms with E-state index in [9.17, 15) is 9.59 Å². The Morgan fingerprint density at radius 3 is 2.27 bits per heavy atom. The van der Waals surface area contributed by atoms with Crippen molar-refractivity contribution in [2.45, 2.75) is 33.1 Å². The van der Waals surface area contributed by atoms with E-state index in [0.717, 1.165) is 34.9 Å². The van der Waals surface area contributed by atoms with Gasteiger partial charge >= 0.3 is 0 Å². The van der Waals surface area contributed by atoms with Crippen molar-refractivity contribution in [3.8, 4) is 0 Å². The van der Waals surface area contributed by atoms with Gasteiger partial charge in [0.05, 0.1) is 5.92 Å². The molecule has 170 valence electrons. The van der Waals surface area contributed by atoms with Crippen molar-refractivity contribution in [3.05, 3.63) is 84.4 Å². The van der Waals surface area contributed by atoms with E-state index in [0.29, 0.717) is 12.5 Å². The molecule has 1 aliphatic rings. The average Bonchev–Trinajstić information content (AvgIpc) is 3.23. The van der Waals surface area contributed by atoms with Crippen molar-refractivity contribution in [3.63, 3.8) is 0 Å². The summed E-state index contributed by atoms with van der Waals surface area (Å²) in [5.74, 6) is -0.177. The van der Waals surface area contributed by atoms with Crippen LogP contribution in [0.5, 0.6) is 0 Å². The smallest absolute Gasteiger partial charge is 0.229 e. The van der Waals surface area contributed by atoms with Crippen molar-refractivity contribution in [2.75, 3.05) is 28.2 Å². The van der Waals surface area contributed by atoms with E-state index in [2.05, 4.69) is 49.2 Å². The highest BCUT2D eigenvalue weighted by atomic mass is 16.2. The molecule has 1 aliphatic heterocycles. The van der Waals surface area contributed by atoms with Gasteiger partial charge in [-0.25, -0.2) is 0 Å². The number of amides is 2. The molecule has 1 fully saturated rings. The largest absolute Gasteiger partial charge is 0.342 e. The maximum atomic E-state index is 13.0. The highest BCUT2D eigenvalue weighted by molar-refractivity contribution is 6.04. The number of nitrogens with one attached hydrogen (secondary N) is 1. The summed E-state index contributed by atoms with van der Waals surface area (Å²) in [6, 6.07) is 26.0. The molecule has 1 saturated heterocycles. The van der Waals surface area contributed by atoms with E-state index >= 15 is 0 Å². The average molecular weight is 442 g/mol. The van der Waals surface area contributed by atoms with Gasteiger partial charge in [-0.05, 0) is 60.9 Å². The molecule has 2 amide bonds. The summed E-state index contributed by atoms with van der Waals surface area (Å²) < 4.78 is 0. The van der Waals surface area contributed by atoms with Gasteiger partial charge in [-0.2, -0.15) is 0 Å². The highest BCUT2D eigenvalue weighted by Gasteiger charge is 2.36. The van der Waals surface area contributed by atoms with Gasteiger partial charge in [0.25, 0.3) is 0 Å². The third-order valence-electron chi connectivity index (χ3n) is 6.18. The number of carbonyl (C=O) groups is 2. The van der Waals surface area contributed by atoms with Gasteiger partial charge < -0.3 is 15.1 Å². The first-order chi connectivity index (χ1) is 16.0. The first kappa shape index (κ1) is 22.6. The minimum Gasteiger partial charge on any atom is -0.342 e. The maximum absolute atomic E-state index is 13.0. The van der Waals surface area contributed by atoms with E-state index in [1.54, 1.807) is 4.90 Å². The van der Waals surface area contributed by atoms with E-state index in [1.807, 2.05) is 60.7 Å². The zero-order valence-electron chi connectivity index (χ0n) is 19.5. The number of anilines is 4. The van der Waals surface area contributed by atoms with Crippen molar-refractivity contribution in [1.82, 2.24) is 0 Å². The molecule has 0 radical (unpaired) electrons. The topological polar surface area (TPSA) is 52.7 Å². The standard InChI is InChI=1S/C28H31N3O2/c1-4-30(23-10-6-5-7-11-23)24-16-14-22(15-17-24)29-28(33)21-18-27(32)31(19-21)26-13-9-8-12-25(26)20(2)3/h5-17,20-21H,4,18-19H2,1-3H3,(H,29,33). The van der Waals surface area contributed by atoms with Crippen LogP contribution in [-0.4, -0.2) is 24.9 Å². The summed E-state index contributed by atoms with van der Waals surface area (Å²) in [6.07, 6.45) is 0.230. The van der Waals surface area contributed by atoms with Crippen LogP contribution in [-0.2, 0) is 9.59 Å². The Hall–Kier alpha value is -3.60. The summed E-state index contributed by atoms with van der Waals surface area (Å²) in [5.41, 5.74) is 4.97. The third kappa shape index (κ3) is 4.92. The normalized spacial score (nSPS) is 15.7. The quantitative estimate of drug-likeness (QED) is 0.492. The summed E-state index contributed by atoms with van der Waals surface area (Å²) >= 11 is 0. The fourth-order valence-corrected chi connectivity index (χ4v) is 4.43. The summed E-state index contributed by atoms with van der Waals surface area (Å²) in [6.45, 7) is 7.59. The molecule has 5 heteroatoms. The lowest BCUT2D eigenvalue weighted by Crippen LogP contribution is -2.29. The number of para-hydroxylation sites is 2. The minimum atomic E-state index is -0.367. The van der Waals surface area contributed by atoms with Crippen molar-refractivity contribution < 1.29 is 9.59 Å². The van der Waals surface area contributed by atoms with Gasteiger partial charge in [0.2, 0.25) is 11.8 Å². The number of hydrogen-bond acceptors (Lipinski definition) is 3. The van der Waals surface area contributed by atoms with E-state index in [1.165, 1.54) is 0 Å². The van der Waals surface area contributed by atoms with Gasteiger partial charge in [-0.15, -0.1) is 0 Å². The minimum absolute atomic E-state index is 0.0000432. The predicted molar refractivity (Wildman–Crippen MR) is 135 cm³/mol. The fraction of sp³-hybridized carbons (Fsp3) is 0.286. The van der Waals surface area contributed by atoms with Crippen LogP contribution in [0.1, 0.15) is 38.7 Å². The van der Waals surface area contributed by atoms with E-state index < -0.39 is 0 Å². The van der Waals surface area contributed by atoms with E-state index in [4.69, 9.17) is 0 Å². The first-order valence-corrected chi connectivity index (χ1v) is 11.6. The van der Waals surface area contributed by atoms with Gasteiger partial charge in [0.1, 0.15) is 0 Å². The monoisotopic (exact) mass is 441 g/mol. The second kappa shape index (κ2) is 9.90. The molecule has 3 aromatic carbocycles. The zero-order chi connectivity index (χ0) is 23.4. The van der Waals surface area contributed by atoms with Crippen molar-refractivity contribution in [1.29, 1.82) is 0 Å². The lowest BCUT2D eigenvalue weighted by Gasteiger charge is -2.23. The van der Waals surface area contributed by atoms with Gasteiger partial charge in [0, 0.05) is 42.3 Å². The van der Waals surface area contributed by atoms with Crippen LogP contribution in [0.3, 0.4) is 0 Å². The number of nitrogens with zero attached hydrogens (tertiary/aromatic N) is 2. The molecule has 1 unspecified atom stereocenters. The Labute approximate surface area is 196 Å². The molecule has 0 spiro atoms. The van der Waals surface area contributed by atoms with Crippen LogP contribution in [0, 0.1) is 5.92 Å². The molecule has 1 N–H and O–H groups in total. The van der Waals surface area contributed by atoms with Crippen LogP contribution in [0.15, 0.2) is 78.9 Å². The highest BCUT2D eigenvalue weighted by Crippen LogP contribution is 2.33. The van der Waals surface area contributed by atoms with Crippen LogP contribution in [0.2, 0.25) is 0 Å². The van der Waals surface area contributed by atoms with Gasteiger partial charge in [-0.3, -0.25) is 9.59 Å². The SMILES string of the molecule is CCN(c1ccccc1)c1ccc(NC(=O)C2CC(=O)N(c3ccccc3C(C)C)C2)cc1. The lowest BCUT2D eigenvalue weighted by atomic mass is 10.0. The Balaban J connectivity index is 1.43. The summed E-state index contributed by atoms with van der Waals surface area (Å²) in [4.78, 5) is 29.7. The molecular weight excluding hydrogens is 410 g/mol. The molecule has 0 aromatic heterocycles.